The first-order valence-corrected chi connectivity index (χ1v) is 8.67. The Hall–Kier alpha value is -2.41. The van der Waals surface area contributed by atoms with Gasteiger partial charge in [0.2, 0.25) is 0 Å². The lowest BCUT2D eigenvalue weighted by Crippen LogP contribution is -2.21. The monoisotopic (exact) mass is 405 g/mol. The second-order valence-electron chi connectivity index (χ2n) is 5.57. The number of aromatic nitrogens is 5. The van der Waals surface area contributed by atoms with Crippen molar-refractivity contribution in [3.05, 3.63) is 79.8 Å². The predicted octanol–water partition coefficient (Wildman–Crippen LogP) is 3.99. The molecule has 0 unspecified atom stereocenters. The molecule has 2 aromatic carbocycles. The Morgan fingerprint density at radius 3 is 2.58 bits per heavy atom. The van der Waals surface area contributed by atoms with Crippen LogP contribution >= 0.6 is 34.8 Å². The molecule has 0 aliphatic rings. The van der Waals surface area contributed by atoms with E-state index in [1.54, 1.807) is 42.5 Å². The number of rotatable bonds is 3. The van der Waals surface area contributed by atoms with Crippen LogP contribution in [0.4, 0.5) is 0 Å². The van der Waals surface area contributed by atoms with Crippen LogP contribution < -0.4 is 5.56 Å². The van der Waals surface area contributed by atoms with Crippen molar-refractivity contribution in [3.8, 4) is 5.69 Å². The summed E-state index contributed by atoms with van der Waals surface area (Å²) in [7, 11) is 0. The Morgan fingerprint density at radius 1 is 1.00 bits per heavy atom. The van der Waals surface area contributed by atoms with E-state index in [0.29, 0.717) is 26.4 Å². The third-order valence-electron chi connectivity index (χ3n) is 3.84. The molecule has 130 valence electrons. The summed E-state index contributed by atoms with van der Waals surface area (Å²) >= 11 is 18.1. The molecule has 26 heavy (non-hydrogen) atoms. The fourth-order valence-corrected chi connectivity index (χ4v) is 3.22. The van der Waals surface area contributed by atoms with Gasteiger partial charge in [-0.3, -0.25) is 9.36 Å². The van der Waals surface area contributed by atoms with Crippen molar-refractivity contribution in [2.75, 3.05) is 0 Å². The smallest absolute Gasteiger partial charge is 0.283 e. The number of halogens is 3. The lowest BCUT2D eigenvalue weighted by molar-refractivity contribution is 0.745. The van der Waals surface area contributed by atoms with Crippen LogP contribution in [0.2, 0.25) is 15.1 Å². The number of fused-ring (bicyclic) bond motifs is 1. The molecule has 0 saturated carbocycles. The highest BCUT2D eigenvalue weighted by Gasteiger charge is 2.14. The molecule has 0 spiro atoms. The average molecular weight is 407 g/mol. The van der Waals surface area contributed by atoms with Gasteiger partial charge in [-0.15, -0.1) is 5.10 Å². The summed E-state index contributed by atoms with van der Waals surface area (Å²) in [4.78, 5) is 17.1. The third-order valence-corrected chi connectivity index (χ3v) is 4.66. The largest absolute Gasteiger partial charge is 0.293 e. The van der Waals surface area contributed by atoms with Crippen LogP contribution in [-0.4, -0.2) is 24.5 Å². The van der Waals surface area contributed by atoms with Gasteiger partial charge in [-0.2, -0.15) is 4.68 Å². The van der Waals surface area contributed by atoms with Gasteiger partial charge in [-0.25, -0.2) is 4.98 Å². The Balaban J connectivity index is 1.78. The molecule has 0 bridgehead atoms. The molecule has 0 fully saturated rings. The molecule has 4 aromatic rings. The van der Waals surface area contributed by atoms with E-state index in [0.717, 1.165) is 5.56 Å². The van der Waals surface area contributed by atoms with E-state index in [-0.39, 0.29) is 17.6 Å². The highest BCUT2D eigenvalue weighted by Crippen LogP contribution is 2.22. The third kappa shape index (κ3) is 3.07. The quantitative estimate of drug-likeness (QED) is 0.516. The van der Waals surface area contributed by atoms with Crippen molar-refractivity contribution in [2.45, 2.75) is 6.54 Å². The molecular weight excluding hydrogens is 397 g/mol. The summed E-state index contributed by atoms with van der Waals surface area (Å²) in [6.07, 6.45) is 1.44. The fraction of sp³-hybridized carbons (Fsp3) is 0.0588. The molecule has 9 heteroatoms. The molecule has 0 saturated heterocycles. The van der Waals surface area contributed by atoms with Crippen LogP contribution in [0.3, 0.4) is 0 Å². The molecule has 2 heterocycles. The van der Waals surface area contributed by atoms with Crippen molar-refractivity contribution in [1.82, 2.24) is 24.5 Å². The zero-order valence-corrected chi connectivity index (χ0v) is 15.4. The molecular formula is C17H10Cl3N5O. The van der Waals surface area contributed by atoms with Gasteiger partial charge in [-0.1, -0.05) is 52.1 Å². The van der Waals surface area contributed by atoms with Crippen molar-refractivity contribution < 1.29 is 0 Å². The van der Waals surface area contributed by atoms with Gasteiger partial charge >= 0.3 is 0 Å². The zero-order valence-electron chi connectivity index (χ0n) is 13.1. The molecule has 0 aliphatic carbocycles. The summed E-state index contributed by atoms with van der Waals surface area (Å²) in [5.41, 5.74) is 1.63. The fourth-order valence-electron chi connectivity index (χ4n) is 2.57. The minimum absolute atomic E-state index is 0.164. The normalized spacial score (nSPS) is 11.2. The van der Waals surface area contributed by atoms with E-state index in [9.17, 15) is 4.79 Å². The molecule has 0 N–H and O–H groups in total. The first-order chi connectivity index (χ1) is 12.5. The highest BCUT2D eigenvalue weighted by atomic mass is 35.5. The lowest BCUT2D eigenvalue weighted by atomic mass is 10.2. The lowest BCUT2D eigenvalue weighted by Gasteiger charge is -2.07. The second-order valence-corrected chi connectivity index (χ2v) is 6.85. The molecule has 2 aromatic heterocycles. The Bertz CT molecular complexity index is 1180. The zero-order chi connectivity index (χ0) is 18.3. The first kappa shape index (κ1) is 17.0. The topological polar surface area (TPSA) is 65.6 Å². The van der Waals surface area contributed by atoms with Gasteiger partial charge in [0.25, 0.3) is 5.56 Å². The van der Waals surface area contributed by atoms with Crippen molar-refractivity contribution in [1.29, 1.82) is 0 Å². The van der Waals surface area contributed by atoms with Crippen LogP contribution in [0, 0.1) is 0 Å². The average Bonchev–Trinajstić information content (AvgIpc) is 3.04. The maximum atomic E-state index is 12.7. The van der Waals surface area contributed by atoms with E-state index in [1.807, 2.05) is 0 Å². The first-order valence-electron chi connectivity index (χ1n) is 7.53. The summed E-state index contributed by atoms with van der Waals surface area (Å²) in [6.45, 7) is 0.252. The maximum absolute atomic E-state index is 12.7. The van der Waals surface area contributed by atoms with Crippen LogP contribution in [0.25, 0.3) is 16.9 Å². The molecule has 0 aliphatic heterocycles. The van der Waals surface area contributed by atoms with Crippen LogP contribution in [0.1, 0.15) is 5.56 Å². The van der Waals surface area contributed by atoms with Crippen LogP contribution in [0.5, 0.6) is 0 Å². The second kappa shape index (κ2) is 6.72. The molecule has 6 nitrogen and oxygen atoms in total. The van der Waals surface area contributed by atoms with E-state index in [4.69, 9.17) is 34.8 Å². The van der Waals surface area contributed by atoms with Gasteiger partial charge in [0.1, 0.15) is 6.33 Å². The maximum Gasteiger partial charge on any atom is 0.283 e. The summed E-state index contributed by atoms with van der Waals surface area (Å²) in [6, 6.07) is 12.2. The van der Waals surface area contributed by atoms with Gasteiger partial charge in [0, 0.05) is 15.1 Å². The number of nitrogens with zero attached hydrogens (tertiary/aromatic N) is 5. The van der Waals surface area contributed by atoms with E-state index >= 15 is 0 Å². The Labute approximate surface area is 162 Å². The minimum Gasteiger partial charge on any atom is -0.293 e. The number of hydrogen-bond acceptors (Lipinski definition) is 4. The Kier molecular flexibility index (Phi) is 4.40. The molecule has 0 radical (unpaired) electrons. The van der Waals surface area contributed by atoms with Gasteiger partial charge in [-0.05, 0) is 35.9 Å². The van der Waals surface area contributed by atoms with Crippen molar-refractivity contribution in [2.24, 2.45) is 0 Å². The van der Waals surface area contributed by atoms with Gasteiger partial charge < -0.3 is 0 Å². The highest BCUT2D eigenvalue weighted by molar-refractivity contribution is 6.35. The molecule has 0 amide bonds. The summed E-state index contributed by atoms with van der Waals surface area (Å²) in [5, 5.41) is 9.58. The van der Waals surface area contributed by atoms with Crippen molar-refractivity contribution in [3.63, 3.8) is 0 Å². The minimum atomic E-state index is -0.311. The van der Waals surface area contributed by atoms with Crippen LogP contribution in [-0.2, 0) is 6.54 Å². The van der Waals surface area contributed by atoms with E-state index < -0.39 is 0 Å². The van der Waals surface area contributed by atoms with Gasteiger partial charge in [0.05, 0.1) is 12.2 Å². The summed E-state index contributed by atoms with van der Waals surface area (Å²) in [5.74, 6) is 0. The van der Waals surface area contributed by atoms with Gasteiger partial charge in [0.15, 0.2) is 11.2 Å². The Morgan fingerprint density at radius 2 is 1.81 bits per heavy atom. The number of benzene rings is 2. The van der Waals surface area contributed by atoms with E-state index in [2.05, 4.69) is 15.3 Å². The molecule has 4 rings (SSSR count). The van der Waals surface area contributed by atoms with E-state index in [1.165, 1.54) is 15.6 Å². The van der Waals surface area contributed by atoms with Crippen molar-refractivity contribution >= 4 is 46.0 Å². The predicted molar refractivity (Wildman–Crippen MR) is 101 cm³/mol. The number of hydrogen-bond donors (Lipinski definition) is 0. The SMILES string of the molecule is O=c1c2nnn(-c3cccc(Cl)c3)c2ncn1Cc1ccc(Cl)cc1Cl. The van der Waals surface area contributed by atoms with Crippen LogP contribution in [0.15, 0.2) is 53.6 Å². The molecule has 0 atom stereocenters. The standard InChI is InChI=1S/C17H10Cl3N5O/c18-11-2-1-3-13(6-11)25-16-15(22-23-25)17(26)24(9-21-16)8-10-4-5-12(19)7-14(10)20/h1-7,9H,8H2. The summed E-state index contributed by atoms with van der Waals surface area (Å²) < 4.78 is 2.90.